The van der Waals surface area contributed by atoms with Gasteiger partial charge in [0.2, 0.25) is 0 Å². The van der Waals surface area contributed by atoms with Crippen LogP contribution in [0.25, 0.3) is 0 Å². The minimum atomic E-state index is -0.300. The highest BCUT2D eigenvalue weighted by molar-refractivity contribution is 5.17. The molecule has 1 atom stereocenters. The van der Waals surface area contributed by atoms with Gasteiger partial charge < -0.3 is 5.11 Å². The first kappa shape index (κ1) is 12.2. The first-order chi connectivity index (χ1) is 5.70. The van der Waals surface area contributed by atoms with Crippen molar-refractivity contribution >= 4 is 0 Å². The van der Waals surface area contributed by atoms with Crippen LogP contribution in [-0.4, -0.2) is 5.11 Å². The van der Waals surface area contributed by atoms with Crippen molar-refractivity contribution in [3.05, 3.63) is 35.9 Å². The fraction of sp³-hybridized carbons (Fsp3) is 0.500. The fourth-order valence-electron chi connectivity index (χ4n) is 1.26. The van der Waals surface area contributed by atoms with Crippen LogP contribution in [0.1, 0.15) is 39.4 Å². The van der Waals surface area contributed by atoms with Crippen molar-refractivity contribution in [2.75, 3.05) is 0 Å². The van der Waals surface area contributed by atoms with E-state index in [9.17, 15) is 5.11 Å². The number of benzene rings is 1. The van der Waals surface area contributed by atoms with E-state index in [1.54, 1.807) is 0 Å². The Kier molecular flexibility index (Phi) is 5.40. The van der Waals surface area contributed by atoms with Gasteiger partial charge in [-0.15, -0.1) is 0 Å². The summed E-state index contributed by atoms with van der Waals surface area (Å²) in [5, 5.41) is 9.69. The van der Waals surface area contributed by atoms with E-state index in [2.05, 4.69) is 13.8 Å². The normalized spacial score (nSPS) is 12.3. The van der Waals surface area contributed by atoms with Crippen molar-refractivity contribution in [2.24, 2.45) is 5.92 Å². The molecule has 1 nitrogen and oxygen atoms in total. The zero-order chi connectivity index (χ0) is 8.97. The summed E-state index contributed by atoms with van der Waals surface area (Å²) in [7, 11) is 0. The molecule has 0 bridgehead atoms. The molecule has 1 aromatic carbocycles. The molecular weight excluding hydrogens is 160 g/mol. The maximum Gasteiger partial charge on any atom is 0.0792 e. The zero-order valence-corrected chi connectivity index (χ0v) is 7.70. The van der Waals surface area contributed by atoms with Crippen molar-refractivity contribution in [1.82, 2.24) is 0 Å². The minimum absolute atomic E-state index is 0. The van der Waals surface area contributed by atoms with Gasteiger partial charge in [-0.1, -0.05) is 51.6 Å². The summed E-state index contributed by atoms with van der Waals surface area (Å²) in [5.74, 6) is 0.542. The third kappa shape index (κ3) is 4.09. The van der Waals surface area contributed by atoms with Crippen molar-refractivity contribution in [3.63, 3.8) is 0 Å². The number of hydrogen-bond acceptors (Lipinski definition) is 1. The molecule has 0 aliphatic heterocycles. The van der Waals surface area contributed by atoms with E-state index in [1.165, 1.54) is 0 Å². The molecular formula is C12H20O. The Morgan fingerprint density at radius 3 is 2.15 bits per heavy atom. The Balaban J connectivity index is 0.00000144. The average molecular weight is 180 g/mol. The third-order valence-corrected chi connectivity index (χ3v) is 1.88. The lowest BCUT2D eigenvalue weighted by Crippen LogP contribution is -2.01. The highest BCUT2D eigenvalue weighted by atomic mass is 16.3. The Bertz CT molecular complexity index is 216. The molecule has 0 saturated heterocycles. The van der Waals surface area contributed by atoms with Crippen LogP contribution in [0.2, 0.25) is 0 Å². The van der Waals surface area contributed by atoms with Crippen LogP contribution in [0.5, 0.6) is 0 Å². The summed E-state index contributed by atoms with van der Waals surface area (Å²) < 4.78 is 0. The molecule has 0 radical (unpaired) electrons. The van der Waals surface area contributed by atoms with Gasteiger partial charge in [-0.2, -0.15) is 0 Å². The number of hydrogen-bond donors (Lipinski definition) is 1. The van der Waals surface area contributed by atoms with Crippen LogP contribution < -0.4 is 0 Å². The van der Waals surface area contributed by atoms with Gasteiger partial charge in [0.1, 0.15) is 0 Å². The molecule has 13 heavy (non-hydrogen) atoms. The maximum atomic E-state index is 9.69. The Morgan fingerprint density at radius 2 is 1.69 bits per heavy atom. The molecule has 0 fully saturated rings. The lowest BCUT2D eigenvalue weighted by molar-refractivity contribution is 0.151. The van der Waals surface area contributed by atoms with E-state index < -0.39 is 0 Å². The van der Waals surface area contributed by atoms with Gasteiger partial charge in [0.05, 0.1) is 6.10 Å². The number of rotatable bonds is 3. The maximum absolute atomic E-state index is 9.69. The molecule has 0 spiro atoms. The van der Waals surface area contributed by atoms with Gasteiger partial charge in [-0.05, 0) is 17.9 Å². The molecule has 1 N–H and O–H groups in total. The van der Waals surface area contributed by atoms with Crippen molar-refractivity contribution < 1.29 is 5.11 Å². The zero-order valence-electron chi connectivity index (χ0n) is 7.70. The fourth-order valence-corrected chi connectivity index (χ4v) is 1.26. The SMILES string of the molecule is C.CC(C)CC(O)c1ccccc1. The lowest BCUT2D eigenvalue weighted by Gasteiger charge is -2.12. The predicted molar refractivity (Wildman–Crippen MR) is 57.6 cm³/mol. The Hall–Kier alpha value is -0.820. The van der Waals surface area contributed by atoms with Crippen LogP contribution in [0.15, 0.2) is 30.3 Å². The molecule has 1 heteroatoms. The van der Waals surface area contributed by atoms with Gasteiger partial charge in [-0.3, -0.25) is 0 Å². The van der Waals surface area contributed by atoms with Gasteiger partial charge in [0.15, 0.2) is 0 Å². The van der Waals surface area contributed by atoms with Gasteiger partial charge in [0.25, 0.3) is 0 Å². The quantitative estimate of drug-likeness (QED) is 0.755. The lowest BCUT2D eigenvalue weighted by atomic mass is 10.00. The van der Waals surface area contributed by atoms with Crippen LogP contribution in [0.3, 0.4) is 0 Å². The molecule has 0 aliphatic rings. The first-order valence-corrected chi connectivity index (χ1v) is 4.43. The second-order valence-electron chi connectivity index (χ2n) is 3.56. The molecule has 74 valence electrons. The van der Waals surface area contributed by atoms with Crippen LogP contribution in [0, 0.1) is 5.92 Å². The molecule has 1 unspecified atom stereocenters. The second-order valence-corrected chi connectivity index (χ2v) is 3.56. The van der Waals surface area contributed by atoms with E-state index in [-0.39, 0.29) is 13.5 Å². The molecule has 0 amide bonds. The Morgan fingerprint density at radius 1 is 1.15 bits per heavy atom. The van der Waals surface area contributed by atoms with Gasteiger partial charge in [-0.25, -0.2) is 0 Å². The molecule has 0 aliphatic carbocycles. The van der Waals surface area contributed by atoms with E-state index in [0.29, 0.717) is 5.92 Å². The number of aliphatic hydroxyl groups is 1. The summed E-state index contributed by atoms with van der Waals surface area (Å²) in [5.41, 5.74) is 1.02. The van der Waals surface area contributed by atoms with E-state index in [4.69, 9.17) is 0 Å². The van der Waals surface area contributed by atoms with E-state index >= 15 is 0 Å². The highest BCUT2D eigenvalue weighted by Gasteiger charge is 2.07. The second kappa shape index (κ2) is 5.76. The van der Waals surface area contributed by atoms with E-state index in [0.717, 1.165) is 12.0 Å². The topological polar surface area (TPSA) is 20.2 Å². The summed E-state index contributed by atoms with van der Waals surface area (Å²) >= 11 is 0. The highest BCUT2D eigenvalue weighted by Crippen LogP contribution is 2.19. The molecule has 1 aromatic rings. The predicted octanol–water partition coefficient (Wildman–Crippen LogP) is 3.40. The molecule has 0 heterocycles. The average Bonchev–Trinajstić information content (AvgIpc) is 2.05. The van der Waals surface area contributed by atoms with Crippen molar-refractivity contribution in [2.45, 2.75) is 33.8 Å². The molecule has 0 aromatic heterocycles. The largest absolute Gasteiger partial charge is 0.388 e. The molecule has 0 saturated carbocycles. The monoisotopic (exact) mass is 180 g/mol. The molecule has 1 rings (SSSR count). The third-order valence-electron chi connectivity index (χ3n) is 1.88. The summed E-state index contributed by atoms with van der Waals surface area (Å²) in [4.78, 5) is 0. The van der Waals surface area contributed by atoms with Gasteiger partial charge >= 0.3 is 0 Å². The van der Waals surface area contributed by atoms with Crippen LogP contribution in [0.4, 0.5) is 0 Å². The summed E-state index contributed by atoms with van der Waals surface area (Å²) in [6, 6.07) is 9.81. The van der Waals surface area contributed by atoms with Gasteiger partial charge in [0, 0.05) is 0 Å². The van der Waals surface area contributed by atoms with E-state index in [1.807, 2.05) is 30.3 Å². The summed E-state index contributed by atoms with van der Waals surface area (Å²) in [6.07, 6.45) is 0.537. The number of aliphatic hydroxyl groups excluding tert-OH is 1. The first-order valence-electron chi connectivity index (χ1n) is 4.43. The van der Waals surface area contributed by atoms with Crippen molar-refractivity contribution in [3.8, 4) is 0 Å². The Labute approximate surface area is 81.4 Å². The standard InChI is InChI=1S/C11H16O.CH4/c1-9(2)8-11(12)10-6-4-3-5-7-10;/h3-7,9,11-12H,8H2,1-2H3;1H4. The van der Waals surface area contributed by atoms with Crippen molar-refractivity contribution in [1.29, 1.82) is 0 Å². The van der Waals surface area contributed by atoms with Crippen LogP contribution in [-0.2, 0) is 0 Å². The smallest absolute Gasteiger partial charge is 0.0792 e. The summed E-state index contributed by atoms with van der Waals surface area (Å²) in [6.45, 7) is 4.23. The van der Waals surface area contributed by atoms with Crippen LogP contribution >= 0.6 is 0 Å². The minimum Gasteiger partial charge on any atom is -0.388 e.